The Hall–Kier alpha value is -1.56. The third-order valence-electron chi connectivity index (χ3n) is 2.00. The summed E-state index contributed by atoms with van der Waals surface area (Å²) in [6.45, 7) is 2.57. The normalized spacial score (nSPS) is 10.4. The van der Waals surface area contributed by atoms with Gasteiger partial charge in [0.15, 0.2) is 11.6 Å². The first-order valence-electron chi connectivity index (χ1n) is 5.19. The van der Waals surface area contributed by atoms with E-state index in [1.165, 1.54) is 0 Å². The molecule has 0 radical (unpaired) electrons. The van der Waals surface area contributed by atoms with Gasteiger partial charge in [-0.3, -0.25) is 4.79 Å². The number of carbonyl (C=O) groups excluding carboxylic acids is 1. The van der Waals surface area contributed by atoms with Crippen molar-refractivity contribution in [3.8, 4) is 0 Å². The Bertz CT molecular complexity index is 410. The summed E-state index contributed by atoms with van der Waals surface area (Å²) >= 11 is 0. The number of rotatable bonds is 5. The van der Waals surface area contributed by atoms with E-state index < -0.39 is 23.4 Å². The van der Waals surface area contributed by atoms with Crippen LogP contribution in [0.5, 0.6) is 0 Å². The molecule has 2 N–H and O–H groups in total. The zero-order valence-electron chi connectivity index (χ0n) is 9.32. The second kappa shape index (κ2) is 6.24. The predicted octanol–water partition coefficient (Wildman–Crippen LogP) is 2.04. The van der Waals surface area contributed by atoms with Gasteiger partial charge < -0.3 is 10.6 Å². The van der Waals surface area contributed by atoms with E-state index >= 15 is 0 Å². The Kier molecular flexibility index (Phi) is 4.96. The molecule has 0 aliphatic rings. The maximum absolute atomic E-state index is 13.1. The van der Waals surface area contributed by atoms with E-state index in [2.05, 4.69) is 10.6 Å². The minimum absolute atomic E-state index is 0.00766. The molecular weight excluding hydrogens is 233 g/mol. The van der Waals surface area contributed by atoms with Gasteiger partial charge in [0, 0.05) is 12.1 Å². The highest BCUT2D eigenvalue weighted by atomic mass is 19.2. The molecular formula is C11H13F3N2O. The average molecular weight is 246 g/mol. The second-order valence-corrected chi connectivity index (χ2v) is 3.47. The Labute approximate surface area is 97.0 Å². The SMILES string of the molecule is CCCNCC(=O)Nc1cc(F)c(F)cc1F. The number of benzene rings is 1. The van der Waals surface area contributed by atoms with E-state index in [0.29, 0.717) is 18.7 Å². The van der Waals surface area contributed by atoms with E-state index in [-0.39, 0.29) is 12.2 Å². The van der Waals surface area contributed by atoms with Gasteiger partial charge in [-0.25, -0.2) is 13.2 Å². The molecule has 0 spiro atoms. The van der Waals surface area contributed by atoms with E-state index in [1.807, 2.05) is 6.92 Å². The molecule has 17 heavy (non-hydrogen) atoms. The van der Waals surface area contributed by atoms with Crippen LogP contribution < -0.4 is 10.6 Å². The van der Waals surface area contributed by atoms with Gasteiger partial charge in [0.1, 0.15) is 5.82 Å². The highest BCUT2D eigenvalue weighted by Gasteiger charge is 2.11. The van der Waals surface area contributed by atoms with Crippen LogP contribution in [0.2, 0.25) is 0 Å². The summed E-state index contributed by atoms with van der Waals surface area (Å²) in [5, 5.41) is 4.95. The van der Waals surface area contributed by atoms with Crippen LogP contribution in [0.4, 0.5) is 18.9 Å². The summed E-state index contributed by atoms with van der Waals surface area (Å²) in [4.78, 5) is 11.3. The van der Waals surface area contributed by atoms with Gasteiger partial charge in [0.2, 0.25) is 5.91 Å². The van der Waals surface area contributed by atoms with Crippen LogP contribution in [0.1, 0.15) is 13.3 Å². The van der Waals surface area contributed by atoms with Crippen LogP contribution in [0.15, 0.2) is 12.1 Å². The van der Waals surface area contributed by atoms with Crippen LogP contribution in [-0.4, -0.2) is 19.0 Å². The van der Waals surface area contributed by atoms with Gasteiger partial charge in [-0.1, -0.05) is 6.92 Å². The first-order chi connectivity index (χ1) is 8.04. The molecule has 0 unspecified atom stereocenters. The van der Waals surface area contributed by atoms with E-state index in [1.54, 1.807) is 0 Å². The number of hydrogen-bond donors (Lipinski definition) is 2. The second-order valence-electron chi connectivity index (χ2n) is 3.47. The smallest absolute Gasteiger partial charge is 0.238 e. The number of halogens is 3. The van der Waals surface area contributed by atoms with Crippen LogP contribution in [-0.2, 0) is 4.79 Å². The largest absolute Gasteiger partial charge is 0.322 e. The van der Waals surface area contributed by atoms with Gasteiger partial charge in [0.25, 0.3) is 0 Å². The van der Waals surface area contributed by atoms with Crippen LogP contribution >= 0.6 is 0 Å². The minimum atomic E-state index is -1.29. The molecule has 6 heteroatoms. The fraction of sp³-hybridized carbons (Fsp3) is 0.364. The lowest BCUT2D eigenvalue weighted by Crippen LogP contribution is -2.28. The number of carbonyl (C=O) groups is 1. The average Bonchev–Trinajstić information content (AvgIpc) is 2.26. The van der Waals surface area contributed by atoms with Crippen molar-refractivity contribution in [1.82, 2.24) is 5.32 Å². The lowest BCUT2D eigenvalue weighted by atomic mass is 10.3. The maximum atomic E-state index is 13.1. The molecule has 0 bridgehead atoms. The first-order valence-corrected chi connectivity index (χ1v) is 5.19. The monoisotopic (exact) mass is 246 g/mol. The van der Waals surface area contributed by atoms with Crippen molar-refractivity contribution in [2.75, 3.05) is 18.4 Å². The predicted molar refractivity (Wildman–Crippen MR) is 58.1 cm³/mol. The van der Waals surface area contributed by atoms with Gasteiger partial charge in [0.05, 0.1) is 12.2 Å². The standard InChI is InChI=1S/C11H13F3N2O/c1-2-3-15-6-11(17)16-10-5-8(13)7(12)4-9(10)14/h4-5,15H,2-3,6H2,1H3,(H,16,17). The summed E-state index contributed by atoms with van der Waals surface area (Å²) in [5.74, 6) is -4.01. The van der Waals surface area contributed by atoms with Crippen LogP contribution in [0.25, 0.3) is 0 Å². The van der Waals surface area contributed by atoms with Crippen molar-refractivity contribution in [3.63, 3.8) is 0 Å². The Balaban J connectivity index is 2.62. The minimum Gasteiger partial charge on any atom is -0.322 e. The zero-order chi connectivity index (χ0) is 12.8. The van der Waals surface area contributed by atoms with Crippen LogP contribution in [0.3, 0.4) is 0 Å². The highest BCUT2D eigenvalue weighted by Crippen LogP contribution is 2.18. The molecule has 0 saturated heterocycles. The molecule has 0 aliphatic carbocycles. The van der Waals surface area contributed by atoms with Crippen molar-refractivity contribution in [2.45, 2.75) is 13.3 Å². The van der Waals surface area contributed by atoms with Crippen LogP contribution in [0, 0.1) is 17.5 Å². The lowest BCUT2D eigenvalue weighted by Gasteiger charge is -2.07. The van der Waals surface area contributed by atoms with Gasteiger partial charge in [-0.05, 0) is 13.0 Å². The molecule has 1 aromatic carbocycles. The molecule has 94 valence electrons. The number of nitrogens with one attached hydrogen (secondary N) is 2. The molecule has 0 fully saturated rings. The van der Waals surface area contributed by atoms with Crippen molar-refractivity contribution in [2.24, 2.45) is 0 Å². The summed E-state index contributed by atoms with van der Waals surface area (Å²) in [6, 6.07) is 1.01. The molecule has 1 rings (SSSR count). The maximum Gasteiger partial charge on any atom is 0.238 e. The zero-order valence-corrected chi connectivity index (χ0v) is 9.32. The van der Waals surface area contributed by atoms with Gasteiger partial charge >= 0.3 is 0 Å². The third-order valence-corrected chi connectivity index (χ3v) is 2.00. The quantitative estimate of drug-likeness (QED) is 0.616. The highest BCUT2D eigenvalue weighted by molar-refractivity contribution is 5.92. The molecule has 0 atom stereocenters. The molecule has 1 aromatic rings. The molecule has 0 saturated carbocycles. The Morgan fingerprint density at radius 3 is 2.47 bits per heavy atom. The molecule has 1 amide bonds. The van der Waals surface area contributed by atoms with E-state index in [4.69, 9.17) is 0 Å². The van der Waals surface area contributed by atoms with Crippen molar-refractivity contribution in [3.05, 3.63) is 29.6 Å². The molecule has 0 aromatic heterocycles. The summed E-state index contributed by atoms with van der Waals surface area (Å²) in [7, 11) is 0. The topological polar surface area (TPSA) is 41.1 Å². The molecule has 3 nitrogen and oxygen atoms in total. The van der Waals surface area contributed by atoms with E-state index in [0.717, 1.165) is 6.42 Å². The Morgan fingerprint density at radius 1 is 1.18 bits per heavy atom. The van der Waals surface area contributed by atoms with Crippen molar-refractivity contribution < 1.29 is 18.0 Å². The third kappa shape index (κ3) is 4.07. The van der Waals surface area contributed by atoms with Gasteiger partial charge in [-0.15, -0.1) is 0 Å². The van der Waals surface area contributed by atoms with Crippen molar-refractivity contribution >= 4 is 11.6 Å². The summed E-state index contributed by atoms with van der Waals surface area (Å²) < 4.78 is 38.6. The van der Waals surface area contributed by atoms with Gasteiger partial charge in [-0.2, -0.15) is 0 Å². The van der Waals surface area contributed by atoms with E-state index in [9.17, 15) is 18.0 Å². The fourth-order valence-electron chi connectivity index (χ4n) is 1.19. The fourth-order valence-corrected chi connectivity index (χ4v) is 1.19. The first kappa shape index (κ1) is 13.5. The van der Waals surface area contributed by atoms with Crippen molar-refractivity contribution in [1.29, 1.82) is 0 Å². The number of anilines is 1. The number of hydrogen-bond acceptors (Lipinski definition) is 2. The lowest BCUT2D eigenvalue weighted by molar-refractivity contribution is -0.115. The molecule has 0 aliphatic heterocycles. The Morgan fingerprint density at radius 2 is 1.82 bits per heavy atom. The number of amides is 1. The molecule has 0 heterocycles. The summed E-state index contributed by atoms with van der Waals surface area (Å²) in [5.41, 5.74) is -0.368. The summed E-state index contributed by atoms with van der Waals surface area (Å²) in [6.07, 6.45) is 0.854.